The van der Waals surface area contributed by atoms with Crippen molar-refractivity contribution in [3.8, 4) is 0 Å². The fourth-order valence-electron chi connectivity index (χ4n) is 2.93. The highest BCUT2D eigenvalue weighted by Gasteiger charge is 2.23. The maximum absolute atomic E-state index is 12.3. The molecule has 1 aromatic carbocycles. The number of allylic oxidation sites excluding steroid dienone is 3. The summed E-state index contributed by atoms with van der Waals surface area (Å²) in [6, 6.07) is 7.82. The summed E-state index contributed by atoms with van der Waals surface area (Å²) in [6.45, 7) is 8.77. The van der Waals surface area contributed by atoms with Crippen molar-refractivity contribution >= 4 is 22.6 Å². The highest BCUT2D eigenvalue weighted by molar-refractivity contribution is 5.93. The number of aromatic nitrogens is 2. The first kappa shape index (κ1) is 17.7. The number of amides is 1. The van der Waals surface area contributed by atoms with Crippen molar-refractivity contribution in [1.29, 1.82) is 0 Å². The van der Waals surface area contributed by atoms with Gasteiger partial charge in [-0.3, -0.25) is 4.79 Å². The molecule has 0 aliphatic carbocycles. The lowest BCUT2D eigenvalue weighted by atomic mass is 10.2. The third-order valence-electron chi connectivity index (χ3n) is 3.90. The van der Waals surface area contributed by atoms with Gasteiger partial charge in [0, 0.05) is 17.2 Å². The highest BCUT2D eigenvalue weighted by Crippen LogP contribution is 2.25. The molecule has 0 atom stereocenters. The molecule has 1 aromatic heterocycles. The van der Waals surface area contributed by atoms with Gasteiger partial charge in [0.15, 0.2) is 0 Å². The lowest BCUT2D eigenvalue weighted by Gasteiger charge is -2.30. The molecule has 0 radical (unpaired) electrons. The van der Waals surface area contributed by atoms with Crippen molar-refractivity contribution in [3.63, 3.8) is 0 Å². The Morgan fingerprint density at radius 1 is 1.35 bits per heavy atom. The molecule has 6 heteroatoms. The van der Waals surface area contributed by atoms with Crippen LogP contribution in [0, 0.1) is 6.92 Å². The molecule has 26 heavy (non-hydrogen) atoms. The van der Waals surface area contributed by atoms with Gasteiger partial charge in [0.1, 0.15) is 17.4 Å². The topological polar surface area (TPSA) is 67.4 Å². The predicted molar refractivity (Wildman–Crippen MR) is 103 cm³/mol. The van der Waals surface area contributed by atoms with E-state index in [2.05, 4.69) is 21.9 Å². The minimum atomic E-state index is -0.0858. The van der Waals surface area contributed by atoms with E-state index in [0.717, 1.165) is 22.4 Å². The number of fused-ring (bicyclic) bond motifs is 1. The van der Waals surface area contributed by atoms with Gasteiger partial charge >= 0.3 is 0 Å². The molecule has 1 amide bonds. The van der Waals surface area contributed by atoms with Gasteiger partial charge in [-0.1, -0.05) is 24.8 Å². The quantitative estimate of drug-likeness (QED) is 0.663. The van der Waals surface area contributed by atoms with Gasteiger partial charge in [-0.2, -0.15) is 0 Å². The minimum absolute atomic E-state index is 0.0858. The monoisotopic (exact) mass is 350 g/mol. The molecule has 2 aromatic rings. The number of piperazine rings is 1. The largest absolute Gasteiger partial charge is 0.494 e. The third kappa shape index (κ3) is 3.91. The normalized spacial score (nSPS) is 16.7. The average Bonchev–Trinajstić information content (AvgIpc) is 2.61. The van der Waals surface area contributed by atoms with Gasteiger partial charge in [0.05, 0.1) is 25.2 Å². The summed E-state index contributed by atoms with van der Waals surface area (Å²) in [5.74, 6) is 2.01. The summed E-state index contributed by atoms with van der Waals surface area (Å²) in [5, 5.41) is 3.84. The predicted octanol–water partition coefficient (Wildman–Crippen LogP) is 2.86. The molecule has 0 unspecified atom stereocenters. The lowest BCUT2D eigenvalue weighted by molar-refractivity contribution is -0.119. The fourth-order valence-corrected chi connectivity index (χ4v) is 2.93. The number of anilines is 1. The second-order valence-corrected chi connectivity index (χ2v) is 5.92. The van der Waals surface area contributed by atoms with Crippen LogP contribution in [0.15, 0.2) is 60.5 Å². The SMILES string of the molecule is C=C/C=C(\C=C1/CN(c2nc(C)nc3ccccc23)CC(=O)N1)OCC. The van der Waals surface area contributed by atoms with E-state index in [1.807, 2.05) is 49.1 Å². The van der Waals surface area contributed by atoms with Gasteiger partial charge in [-0.15, -0.1) is 0 Å². The Balaban J connectivity index is 1.98. The Hall–Kier alpha value is -3.15. The number of carbonyl (C=O) groups is 1. The minimum Gasteiger partial charge on any atom is -0.494 e. The fraction of sp³-hybridized carbons (Fsp3) is 0.250. The molecule has 6 nitrogen and oxygen atoms in total. The van der Waals surface area contributed by atoms with Crippen LogP contribution in [0.1, 0.15) is 12.7 Å². The second-order valence-electron chi connectivity index (χ2n) is 5.92. The van der Waals surface area contributed by atoms with E-state index in [9.17, 15) is 4.79 Å². The van der Waals surface area contributed by atoms with Crippen molar-refractivity contribution in [2.75, 3.05) is 24.6 Å². The summed E-state index contributed by atoms with van der Waals surface area (Å²) in [6.07, 6.45) is 5.25. The number of benzene rings is 1. The van der Waals surface area contributed by atoms with Crippen molar-refractivity contribution < 1.29 is 9.53 Å². The molecule has 0 bridgehead atoms. The zero-order chi connectivity index (χ0) is 18.5. The van der Waals surface area contributed by atoms with E-state index in [-0.39, 0.29) is 12.5 Å². The Morgan fingerprint density at radius 3 is 2.92 bits per heavy atom. The first-order valence-electron chi connectivity index (χ1n) is 8.55. The Bertz CT molecular complexity index is 902. The van der Waals surface area contributed by atoms with Crippen LogP contribution >= 0.6 is 0 Å². The van der Waals surface area contributed by atoms with Crippen LogP contribution in [0.5, 0.6) is 0 Å². The number of nitrogens with one attached hydrogen (secondary N) is 1. The molecule has 1 aliphatic heterocycles. The molecule has 134 valence electrons. The Labute approximate surface area is 152 Å². The zero-order valence-electron chi connectivity index (χ0n) is 15.0. The summed E-state index contributed by atoms with van der Waals surface area (Å²) in [5.41, 5.74) is 1.62. The molecule has 1 saturated heterocycles. The number of carbonyl (C=O) groups excluding carboxylic acids is 1. The van der Waals surface area contributed by atoms with Crippen LogP contribution in [0.2, 0.25) is 0 Å². The van der Waals surface area contributed by atoms with Crippen LogP contribution in [-0.4, -0.2) is 35.6 Å². The van der Waals surface area contributed by atoms with E-state index < -0.39 is 0 Å². The van der Waals surface area contributed by atoms with Crippen LogP contribution in [0.25, 0.3) is 10.9 Å². The summed E-state index contributed by atoms with van der Waals surface area (Å²) >= 11 is 0. The van der Waals surface area contributed by atoms with Crippen LogP contribution in [0.3, 0.4) is 0 Å². The van der Waals surface area contributed by atoms with E-state index in [4.69, 9.17) is 4.74 Å². The Morgan fingerprint density at radius 2 is 2.15 bits per heavy atom. The second kappa shape index (κ2) is 7.82. The molecule has 2 heterocycles. The smallest absolute Gasteiger partial charge is 0.243 e. The summed E-state index contributed by atoms with van der Waals surface area (Å²) in [7, 11) is 0. The van der Waals surface area contributed by atoms with E-state index in [1.54, 1.807) is 12.2 Å². The first-order valence-corrected chi connectivity index (χ1v) is 8.55. The number of hydrogen-bond donors (Lipinski definition) is 1. The number of hydrogen-bond acceptors (Lipinski definition) is 5. The zero-order valence-corrected chi connectivity index (χ0v) is 15.0. The number of nitrogens with zero attached hydrogens (tertiary/aromatic N) is 3. The number of ether oxygens (including phenoxy) is 1. The maximum Gasteiger partial charge on any atom is 0.243 e. The van der Waals surface area contributed by atoms with Crippen LogP contribution in [0.4, 0.5) is 5.82 Å². The molecule has 3 rings (SSSR count). The maximum atomic E-state index is 12.3. The van der Waals surface area contributed by atoms with Gasteiger partial charge < -0.3 is 15.0 Å². The summed E-state index contributed by atoms with van der Waals surface area (Å²) < 4.78 is 5.57. The molecular formula is C20H22N4O2. The number of para-hydroxylation sites is 1. The molecule has 1 aliphatic rings. The number of rotatable bonds is 5. The van der Waals surface area contributed by atoms with Gasteiger partial charge in [-0.05, 0) is 32.1 Å². The molecule has 0 saturated carbocycles. The Kier molecular flexibility index (Phi) is 5.31. The molecule has 1 N–H and O–H groups in total. The third-order valence-corrected chi connectivity index (χ3v) is 3.90. The average molecular weight is 350 g/mol. The standard InChI is InChI=1S/C20H22N4O2/c1-4-8-16(26-5-2)11-15-12-24(13-19(25)23-15)20-17-9-6-7-10-18(17)21-14(3)22-20/h4,6-11H,1,5,12-13H2,2-3H3,(H,23,25)/b15-11+,16-8+. The van der Waals surface area contributed by atoms with E-state index in [0.29, 0.717) is 24.7 Å². The van der Waals surface area contributed by atoms with E-state index in [1.165, 1.54) is 0 Å². The van der Waals surface area contributed by atoms with Gasteiger partial charge in [0.25, 0.3) is 0 Å². The molecule has 1 fully saturated rings. The van der Waals surface area contributed by atoms with Crippen LogP contribution < -0.4 is 10.2 Å². The van der Waals surface area contributed by atoms with Crippen molar-refractivity contribution in [3.05, 3.63) is 66.4 Å². The van der Waals surface area contributed by atoms with Crippen molar-refractivity contribution in [2.24, 2.45) is 0 Å². The van der Waals surface area contributed by atoms with Crippen molar-refractivity contribution in [2.45, 2.75) is 13.8 Å². The highest BCUT2D eigenvalue weighted by atomic mass is 16.5. The van der Waals surface area contributed by atoms with Gasteiger partial charge in [0.2, 0.25) is 5.91 Å². The lowest BCUT2D eigenvalue weighted by Crippen LogP contribution is -2.46. The van der Waals surface area contributed by atoms with Crippen LogP contribution in [-0.2, 0) is 9.53 Å². The van der Waals surface area contributed by atoms with Crippen molar-refractivity contribution in [1.82, 2.24) is 15.3 Å². The number of aryl methyl sites for hydroxylation is 1. The molecule has 0 spiro atoms. The van der Waals surface area contributed by atoms with E-state index >= 15 is 0 Å². The first-order chi connectivity index (χ1) is 12.6. The van der Waals surface area contributed by atoms with Gasteiger partial charge in [-0.25, -0.2) is 9.97 Å². The summed E-state index contributed by atoms with van der Waals surface area (Å²) in [4.78, 5) is 23.3. The molecular weight excluding hydrogens is 328 g/mol.